The molecule has 7 heteroatoms. The molecule has 0 aliphatic carbocycles. The molecule has 0 fully saturated rings. The van der Waals surface area contributed by atoms with Gasteiger partial charge in [-0.15, -0.1) is 13.2 Å². The average molecular weight is 332 g/mol. The predicted octanol–water partition coefficient (Wildman–Crippen LogP) is 4.30. The van der Waals surface area contributed by atoms with Gasteiger partial charge in [0.1, 0.15) is 11.5 Å². The van der Waals surface area contributed by atoms with Crippen LogP contribution in [0.4, 0.5) is 13.2 Å². The second kappa shape index (κ2) is 6.06. The first-order chi connectivity index (χ1) is 10.2. The summed E-state index contributed by atoms with van der Waals surface area (Å²) in [4.78, 5) is 0. The molecule has 118 valence electrons. The summed E-state index contributed by atoms with van der Waals surface area (Å²) in [7, 11) is 0. The number of nitrogens with two attached hydrogens (primary N) is 1. The Morgan fingerprint density at radius 3 is 2.32 bits per heavy atom. The van der Waals surface area contributed by atoms with Crippen molar-refractivity contribution in [3.05, 3.63) is 58.1 Å². The van der Waals surface area contributed by atoms with Crippen LogP contribution in [0.5, 0.6) is 11.5 Å². The van der Waals surface area contributed by atoms with E-state index in [1.54, 1.807) is 13.0 Å². The van der Waals surface area contributed by atoms with E-state index in [0.29, 0.717) is 21.7 Å². The summed E-state index contributed by atoms with van der Waals surface area (Å²) in [5.74, 6) is -0.331. The van der Waals surface area contributed by atoms with Crippen LogP contribution in [0.15, 0.2) is 36.4 Å². The van der Waals surface area contributed by atoms with Crippen molar-refractivity contribution in [2.75, 3.05) is 0 Å². The largest absolute Gasteiger partial charge is 0.573 e. The van der Waals surface area contributed by atoms with Gasteiger partial charge in [0.05, 0.1) is 6.04 Å². The van der Waals surface area contributed by atoms with E-state index in [1.165, 1.54) is 18.2 Å². The van der Waals surface area contributed by atoms with Gasteiger partial charge in [-0.05, 0) is 42.3 Å². The second-order valence-corrected chi connectivity index (χ2v) is 5.19. The number of hydrogen-bond donors (Lipinski definition) is 2. The van der Waals surface area contributed by atoms with Gasteiger partial charge in [-0.1, -0.05) is 23.7 Å². The number of aromatic hydroxyl groups is 1. The number of hydrogen-bond acceptors (Lipinski definition) is 3. The van der Waals surface area contributed by atoms with E-state index in [2.05, 4.69) is 4.74 Å². The fraction of sp³-hybridized carbons (Fsp3) is 0.200. The molecule has 0 saturated heterocycles. The van der Waals surface area contributed by atoms with Crippen molar-refractivity contribution in [1.82, 2.24) is 0 Å². The number of phenols is 1. The normalized spacial score (nSPS) is 13.0. The second-order valence-electron chi connectivity index (χ2n) is 4.76. The molecular formula is C15H13ClF3NO2. The molecular weight excluding hydrogens is 319 g/mol. The third-order valence-electron chi connectivity index (χ3n) is 3.10. The lowest BCUT2D eigenvalue weighted by Gasteiger charge is -2.17. The van der Waals surface area contributed by atoms with Gasteiger partial charge in [-0.2, -0.15) is 0 Å². The highest BCUT2D eigenvalue weighted by atomic mass is 35.5. The zero-order valence-electron chi connectivity index (χ0n) is 11.5. The van der Waals surface area contributed by atoms with Crippen LogP contribution in [-0.4, -0.2) is 11.5 Å². The Morgan fingerprint density at radius 2 is 1.77 bits per heavy atom. The Kier molecular flexibility index (Phi) is 4.53. The molecule has 0 aliphatic rings. The molecule has 0 spiro atoms. The van der Waals surface area contributed by atoms with Crippen LogP contribution in [0.3, 0.4) is 0 Å². The zero-order chi connectivity index (χ0) is 16.5. The van der Waals surface area contributed by atoms with Gasteiger partial charge in [0, 0.05) is 10.6 Å². The maximum absolute atomic E-state index is 12.1. The minimum Gasteiger partial charge on any atom is -0.507 e. The first-order valence-corrected chi connectivity index (χ1v) is 6.65. The SMILES string of the molecule is Cc1cc(Cl)cc([C@@H](N)c2ccc(OC(F)(F)F)cc2)c1O. The smallest absolute Gasteiger partial charge is 0.507 e. The molecule has 0 unspecified atom stereocenters. The van der Waals surface area contributed by atoms with Gasteiger partial charge in [-0.3, -0.25) is 0 Å². The van der Waals surface area contributed by atoms with E-state index in [4.69, 9.17) is 17.3 Å². The first kappa shape index (κ1) is 16.5. The molecule has 0 saturated carbocycles. The minimum absolute atomic E-state index is 0.00696. The van der Waals surface area contributed by atoms with E-state index in [0.717, 1.165) is 12.1 Å². The molecule has 3 nitrogen and oxygen atoms in total. The van der Waals surface area contributed by atoms with Gasteiger partial charge in [0.2, 0.25) is 0 Å². The molecule has 0 heterocycles. The summed E-state index contributed by atoms with van der Waals surface area (Å²) in [5.41, 5.74) is 7.53. The standard InChI is InChI=1S/C15H13ClF3NO2/c1-8-6-10(16)7-12(14(8)21)13(20)9-2-4-11(5-3-9)22-15(17,18)19/h2-7,13,21H,20H2,1H3/t13-/m0/s1. The highest BCUT2D eigenvalue weighted by Gasteiger charge is 2.31. The summed E-state index contributed by atoms with van der Waals surface area (Å²) in [6.07, 6.45) is -4.74. The van der Waals surface area contributed by atoms with E-state index in [-0.39, 0.29) is 11.5 Å². The van der Waals surface area contributed by atoms with Crippen LogP contribution >= 0.6 is 11.6 Å². The lowest BCUT2D eigenvalue weighted by atomic mass is 9.97. The topological polar surface area (TPSA) is 55.5 Å². The summed E-state index contributed by atoms with van der Waals surface area (Å²) < 4.78 is 40.1. The van der Waals surface area contributed by atoms with Gasteiger partial charge in [0.15, 0.2) is 0 Å². The molecule has 0 aliphatic heterocycles. The van der Waals surface area contributed by atoms with E-state index < -0.39 is 12.4 Å². The molecule has 2 rings (SSSR count). The number of ether oxygens (including phenoxy) is 1. The van der Waals surface area contributed by atoms with Gasteiger partial charge in [-0.25, -0.2) is 0 Å². The van der Waals surface area contributed by atoms with Crippen LogP contribution in [0.1, 0.15) is 22.7 Å². The quantitative estimate of drug-likeness (QED) is 0.881. The Bertz CT molecular complexity index is 672. The zero-order valence-corrected chi connectivity index (χ0v) is 12.2. The molecule has 0 aromatic heterocycles. The third-order valence-corrected chi connectivity index (χ3v) is 3.32. The minimum atomic E-state index is -4.74. The fourth-order valence-electron chi connectivity index (χ4n) is 2.05. The number of alkyl halides is 3. The van der Waals surface area contributed by atoms with Crippen molar-refractivity contribution < 1.29 is 23.0 Å². The van der Waals surface area contributed by atoms with E-state index in [1.807, 2.05) is 0 Å². The monoisotopic (exact) mass is 331 g/mol. The number of aryl methyl sites for hydroxylation is 1. The number of halogens is 4. The maximum Gasteiger partial charge on any atom is 0.573 e. The van der Waals surface area contributed by atoms with Gasteiger partial charge in [0.25, 0.3) is 0 Å². The highest BCUT2D eigenvalue weighted by Crippen LogP contribution is 2.34. The summed E-state index contributed by atoms with van der Waals surface area (Å²) in [6.45, 7) is 1.68. The summed E-state index contributed by atoms with van der Waals surface area (Å²) in [5, 5.41) is 10.5. The number of phenolic OH excluding ortho intramolecular Hbond substituents is 1. The Hall–Kier alpha value is -1.92. The Labute approximate surface area is 130 Å². The Balaban J connectivity index is 2.29. The lowest BCUT2D eigenvalue weighted by Crippen LogP contribution is -2.17. The molecule has 22 heavy (non-hydrogen) atoms. The molecule has 0 amide bonds. The van der Waals surface area contributed by atoms with Crippen molar-refractivity contribution in [2.24, 2.45) is 5.73 Å². The Morgan fingerprint density at radius 1 is 1.18 bits per heavy atom. The molecule has 1 atom stereocenters. The van der Waals surface area contributed by atoms with Gasteiger partial charge >= 0.3 is 6.36 Å². The molecule has 2 aromatic carbocycles. The van der Waals surface area contributed by atoms with Gasteiger partial charge < -0.3 is 15.6 Å². The predicted molar refractivity (Wildman–Crippen MR) is 77.0 cm³/mol. The average Bonchev–Trinajstić information content (AvgIpc) is 2.41. The van der Waals surface area contributed by atoms with Crippen molar-refractivity contribution in [1.29, 1.82) is 0 Å². The van der Waals surface area contributed by atoms with E-state index in [9.17, 15) is 18.3 Å². The number of benzene rings is 2. The van der Waals surface area contributed by atoms with Crippen molar-refractivity contribution in [3.8, 4) is 11.5 Å². The molecule has 0 radical (unpaired) electrons. The van der Waals surface area contributed by atoms with Crippen LogP contribution in [0.2, 0.25) is 5.02 Å². The van der Waals surface area contributed by atoms with Crippen LogP contribution in [-0.2, 0) is 0 Å². The third kappa shape index (κ3) is 3.84. The lowest BCUT2D eigenvalue weighted by molar-refractivity contribution is -0.274. The first-order valence-electron chi connectivity index (χ1n) is 6.27. The van der Waals surface area contributed by atoms with Crippen LogP contribution in [0, 0.1) is 6.92 Å². The molecule has 2 aromatic rings. The van der Waals surface area contributed by atoms with Crippen LogP contribution in [0.25, 0.3) is 0 Å². The summed E-state index contributed by atoms with van der Waals surface area (Å²) >= 11 is 5.94. The highest BCUT2D eigenvalue weighted by molar-refractivity contribution is 6.30. The van der Waals surface area contributed by atoms with E-state index >= 15 is 0 Å². The van der Waals surface area contributed by atoms with Crippen molar-refractivity contribution in [3.63, 3.8) is 0 Å². The number of rotatable bonds is 3. The van der Waals surface area contributed by atoms with Crippen molar-refractivity contribution in [2.45, 2.75) is 19.3 Å². The summed E-state index contributed by atoms with van der Waals surface area (Å²) in [6, 6.07) is 7.52. The van der Waals surface area contributed by atoms with Crippen molar-refractivity contribution >= 4 is 11.6 Å². The fourth-order valence-corrected chi connectivity index (χ4v) is 2.34. The molecule has 0 bridgehead atoms. The molecule has 3 N–H and O–H groups in total. The maximum atomic E-state index is 12.1. The van der Waals surface area contributed by atoms with Crippen LogP contribution < -0.4 is 10.5 Å².